The minimum atomic E-state index is -0.255. The second-order valence-corrected chi connectivity index (χ2v) is 5.69. The zero-order chi connectivity index (χ0) is 15.6. The van der Waals surface area contributed by atoms with Gasteiger partial charge in [-0.1, -0.05) is 35.4 Å². The van der Waals surface area contributed by atoms with E-state index in [0.29, 0.717) is 11.6 Å². The van der Waals surface area contributed by atoms with Crippen molar-refractivity contribution in [2.75, 3.05) is 7.05 Å². The van der Waals surface area contributed by atoms with Crippen molar-refractivity contribution in [2.24, 2.45) is 0 Å². The van der Waals surface area contributed by atoms with Gasteiger partial charge in [-0.15, -0.1) is 0 Å². The third-order valence-electron chi connectivity index (χ3n) is 3.44. The van der Waals surface area contributed by atoms with Crippen LogP contribution in [0.5, 0.6) is 5.75 Å². The molecule has 0 aliphatic heterocycles. The van der Waals surface area contributed by atoms with Gasteiger partial charge in [-0.25, -0.2) is 0 Å². The summed E-state index contributed by atoms with van der Waals surface area (Å²) < 4.78 is 0. The van der Waals surface area contributed by atoms with Crippen LogP contribution >= 0.6 is 11.6 Å². The molecule has 2 aromatic carbocycles. The third-order valence-corrected chi connectivity index (χ3v) is 3.68. The van der Waals surface area contributed by atoms with Gasteiger partial charge in [0, 0.05) is 18.6 Å². The van der Waals surface area contributed by atoms with E-state index in [-0.39, 0.29) is 17.2 Å². The van der Waals surface area contributed by atoms with Crippen molar-refractivity contribution in [3.05, 3.63) is 63.7 Å². The Morgan fingerprint density at radius 1 is 1.19 bits per heavy atom. The molecule has 0 aliphatic carbocycles. The largest absolute Gasteiger partial charge is 0.507 e. The zero-order valence-corrected chi connectivity index (χ0v) is 13.1. The molecule has 0 aromatic heterocycles. The highest BCUT2D eigenvalue weighted by molar-refractivity contribution is 6.31. The van der Waals surface area contributed by atoms with Gasteiger partial charge in [0.25, 0.3) is 5.91 Å². The molecule has 1 amide bonds. The van der Waals surface area contributed by atoms with Gasteiger partial charge < -0.3 is 10.0 Å². The predicted octanol–water partition coefficient (Wildman–Crippen LogP) is 3.93. The summed E-state index contributed by atoms with van der Waals surface area (Å²) in [6.45, 7) is 4.55. The number of phenolic OH excluding ortho intramolecular Hbond substituents is 1. The highest BCUT2D eigenvalue weighted by Crippen LogP contribution is 2.23. The molecule has 0 atom stereocenters. The Labute approximate surface area is 129 Å². The molecule has 0 fully saturated rings. The normalized spacial score (nSPS) is 10.5. The summed E-state index contributed by atoms with van der Waals surface area (Å²) in [7, 11) is 1.71. The van der Waals surface area contributed by atoms with Crippen LogP contribution in [0.15, 0.2) is 36.4 Å². The molecule has 0 radical (unpaired) electrons. The van der Waals surface area contributed by atoms with Crippen molar-refractivity contribution >= 4 is 17.5 Å². The van der Waals surface area contributed by atoms with E-state index < -0.39 is 0 Å². The first-order chi connectivity index (χ1) is 9.88. The first-order valence-corrected chi connectivity index (χ1v) is 7.06. The van der Waals surface area contributed by atoms with Gasteiger partial charge in [0.15, 0.2) is 0 Å². The SMILES string of the molecule is Cc1ccc(CN(C)C(=O)c2cc(Cl)ccc2O)c(C)c1. The zero-order valence-electron chi connectivity index (χ0n) is 12.4. The minimum absolute atomic E-state index is 0.0584. The maximum atomic E-state index is 12.4. The molecular weight excluding hydrogens is 286 g/mol. The Balaban J connectivity index is 2.21. The van der Waals surface area contributed by atoms with E-state index in [0.717, 1.165) is 11.1 Å². The minimum Gasteiger partial charge on any atom is -0.507 e. The fraction of sp³-hybridized carbons (Fsp3) is 0.235. The number of halogens is 1. The Bertz CT molecular complexity index is 682. The molecule has 0 saturated carbocycles. The van der Waals surface area contributed by atoms with Crippen LogP contribution in [-0.2, 0) is 6.54 Å². The number of benzene rings is 2. The van der Waals surface area contributed by atoms with E-state index in [4.69, 9.17) is 11.6 Å². The van der Waals surface area contributed by atoms with Crippen LogP contribution in [0.2, 0.25) is 5.02 Å². The lowest BCUT2D eigenvalue weighted by Gasteiger charge is -2.19. The van der Waals surface area contributed by atoms with Crippen LogP contribution < -0.4 is 0 Å². The van der Waals surface area contributed by atoms with Gasteiger partial charge in [-0.2, -0.15) is 0 Å². The number of rotatable bonds is 3. The molecule has 110 valence electrons. The number of phenols is 1. The van der Waals surface area contributed by atoms with Crippen molar-refractivity contribution in [2.45, 2.75) is 20.4 Å². The smallest absolute Gasteiger partial charge is 0.257 e. The number of aromatic hydroxyl groups is 1. The lowest BCUT2D eigenvalue weighted by atomic mass is 10.1. The van der Waals surface area contributed by atoms with Crippen molar-refractivity contribution in [3.63, 3.8) is 0 Å². The molecule has 0 bridgehead atoms. The van der Waals surface area contributed by atoms with Crippen LogP contribution in [0.1, 0.15) is 27.0 Å². The molecular formula is C17H18ClNO2. The van der Waals surface area contributed by atoms with E-state index in [1.54, 1.807) is 18.0 Å². The topological polar surface area (TPSA) is 40.5 Å². The second kappa shape index (κ2) is 6.19. The fourth-order valence-corrected chi connectivity index (χ4v) is 2.41. The van der Waals surface area contributed by atoms with E-state index in [1.165, 1.54) is 17.7 Å². The standard InChI is InChI=1S/C17H18ClNO2/c1-11-4-5-13(12(2)8-11)10-19(3)17(21)15-9-14(18)6-7-16(15)20/h4-9,20H,10H2,1-3H3. The molecule has 0 spiro atoms. The van der Waals surface area contributed by atoms with Crippen molar-refractivity contribution in [1.29, 1.82) is 0 Å². The molecule has 1 N–H and O–H groups in total. The van der Waals surface area contributed by atoms with Crippen molar-refractivity contribution in [3.8, 4) is 5.75 Å². The molecule has 21 heavy (non-hydrogen) atoms. The molecule has 2 aromatic rings. The molecule has 0 heterocycles. The number of hydrogen-bond acceptors (Lipinski definition) is 2. The number of carbonyl (C=O) groups excluding carboxylic acids is 1. The monoisotopic (exact) mass is 303 g/mol. The summed E-state index contributed by atoms with van der Waals surface area (Å²) >= 11 is 5.89. The van der Waals surface area contributed by atoms with Gasteiger partial charge in [0.05, 0.1) is 5.56 Å². The van der Waals surface area contributed by atoms with Crippen LogP contribution in [0.25, 0.3) is 0 Å². The van der Waals surface area contributed by atoms with E-state index in [9.17, 15) is 9.90 Å². The fourth-order valence-electron chi connectivity index (χ4n) is 2.24. The third kappa shape index (κ3) is 3.56. The summed E-state index contributed by atoms with van der Waals surface area (Å²) in [6, 6.07) is 10.6. The summed E-state index contributed by atoms with van der Waals surface area (Å²) in [6.07, 6.45) is 0. The van der Waals surface area contributed by atoms with Crippen LogP contribution in [0, 0.1) is 13.8 Å². The lowest BCUT2D eigenvalue weighted by Crippen LogP contribution is -2.26. The number of aryl methyl sites for hydroxylation is 2. The average molecular weight is 304 g/mol. The highest BCUT2D eigenvalue weighted by Gasteiger charge is 2.17. The van der Waals surface area contributed by atoms with E-state index >= 15 is 0 Å². The molecule has 0 saturated heterocycles. The number of hydrogen-bond donors (Lipinski definition) is 1. The lowest BCUT2D eigenvalue weighted by molar-refractivity contribution is 0.0782. The Morgan fingerprint density at radius 3 is 2.57 bits per heavy atom. The maximum absolute atomic E-state index is 12.4. The molecule has 3 nitrogen and oxygen atoms in total. The van der Waals surface area contributed by atoms with Gasteiger partial charge in [-0.3, -0.25) is 4.79 Å². The van der Waals surface area contributed by atoms with Crippen LogP contribution in [0.4, 0.5) is 0 Å². The Morgan fingerprint density at radius 2 is 1.90 bits per heavy atom. The first-order valence-electron chi connectivity index (χ1n) is 6.68. The quantitative estimate of drug-likeness (QED) is 0.933. The molecule has 0 aliphatic rings. The van der Waals surface area contributed by atoms with Crippen molar-refractivity contribution < 1.29 is 9.90 Å². The maximum Gasteiger partial charge on any atom is 0.257 e. The summed E-state index contributed by atoms with van der Waals surface area (Å²) in [4.78, 5) is 14.0. The molecule has 0 unspecified atom stereocenters. The predicted molar refractivity (Wildman–Crippen MR) is 84.8 cm³/mol. The van der Waals surface area contributed by atoms with Crippen LogP contribution in [-0.4, -0.2) is 23.0 Å². The Hall–Kier alpha value is -2.00. The van der Waals surface area contributed by atoms with E-state index in [2.05, 4.69) is 6.07 Å². The summed E-state index contributed by atoms with van der Waals surface area (Å²) in [5.41, 5.74) is 3.63. The van der Waals surface area contributed by atoms with Gasteiger partial charge in [0.2, 0.25) is 0 Å². The first kappa shape index (κ1) is 15.4. The highest BCUT2D eigenvalue weighted by atomic mass is 35.5. The van der Waals surface area contributed by atoms with Crippen LogP contribution in [0.3, 0.4) is 0 Å². The molecule has 2 rings (SSSR count). The van der Waals surface area contributed by atoms with Gasteiger partial charge in [0.1, 0.15) is 5.75 Å². The van der Waals surface area contributed by atoms with E-state index in [1.807, 2.05) is 26.0 Å². The number of nitrogens with zero attached hydrogens (tertiary/aromatic N) is 1. The summed E-state index contributed by atoms with van der Waals surface area (Å²) in [5.74, 6) is -0.313. The van der Waals surface area contributed by atoms with Gasteiger partial charge in [-0.05, 0) is 43.2 Å². The summed E-state index contributed by atoms with van der Waals surface area (Å²) in [5, 5.41) is 10.2. The van der Waals surface area contributed by atoms with Crippen molar-refractivity contribution in [1.82, 2.24) is 4.90 Å². The van der Waals surface area contributed by atoms with Gasteiger partial charge >= 0.3 is 0 Å². The average Bonchev–Trinajstić information content (AvgIpc) is 2.43. The second-order valence-electron chi connectivity index (χ2n) is 5.25. The Kier molecular flexibility index (Phi) is 4.53. The molecule has 4 heteroatoms. The number of carbonyl (C=O) groups is 1. The number of amides is 1.